The summed E-state index contributed by atoms with van der Waals surface area (Å²) in [7, 11) is 0. The van der Waals surface area contributed by atoms with E-state index in [0.717, 1.165) is 19.3 Å². The zero-order valence-electron chi connectivity index (χ0n) is 8.76. The van der Waals surface area contributed by atoms with Crippen LogP contribution < -0.4 is 11.2 Å². The molecule has 5 nitrogen and oxygen atoms in total. The van der Waals surface area contributed by atoms with Crippen LogP contribution in [0.2, 0.25) is 0 Å². The minimum atomic E-state index is -0.426. The van der Waals surface area contributed by atoms with Crippen LogP contribution in [0.1, 0.15) is 20.7 Å². The van der Waals surface area contributed by atoms with Crippen molar-refractivity contribution in [2.75, 3.05) is 0 Å². The molecule has 19 heavy (non-hydrogen) atoms. The summed E-state index contributed by atoms with van der Waals surface area (Å²) in [5.74, 6) is -0.853. The number of nitrogens with one attached hydrogen (secondary N) is 1. The number of carbonyl (C=O) groups excluding carboxylic acids is 2. The Morgan fingerprint density at radius 3 is 1.63 bits per heavy atom. The van der Waals surface area contributed by atoms with Crippen molar-refractivity contribution in [3.63, 3.8) is 0 Å². The molecule has 0 atom stereocenters. The second-order valence-electron chi connectivity index (χ2n) is 3.43. The molecule has 0 aliphatic carbocycles. The molecule has 0 spiro atoms. The summed E-state index contributed by atoms with van der Waals surface area (Å²) in [5, 5.41) is 0.743. The molecule has 1 aliphatic heterocycles. The fourth-order valence-corrected chi connectivity index (χ4v) is 5.30. The van der Waals surface area contributed by atoms with E-state index in [4.69, 9.17) is 5.73 Å². The van der Waals surface area contributed by atoms with E-state index in [9.17, 15) is 9.59 Å². The highest BCUT2D eigenvalue weighted by atomic mass is 127. The SMILES string of the molecule is NC(=S)NN1C(=O)c2c(I)c(I)c(I)c(I)c2C1=O. The summed E-state index contributed by atoms with van der Waals surface area (Å²) in [6.07, 6.45) is 0. The normalized spacial score (nSPS) is 13.8. The molecule has 100 valence electrons. The number of carbonyl (C=O) groups is 2. The number of thiocarbonyl (C=S) groups is 1. The monoisotopic (exact) mass is 725 g/mol. The molecule has 0 unspecified atom stereocenters. The standard InChI is InChI=1S/C9H3I4N3O2S/c10-3-1-2(4(11)6(13)5(3)12)8(18)16(7(1)17)15-9(14)19/h(H3,14,15,19). The van der Waals surface area contributed by atoms with Crippen molar-refractivity contribution in [1.29, 1.82) is 0 Å². The molecule has 0 saturated heterocycles. The van der Waals surface area contributed by atoms with Crippen LogP contribution in [0.3, 0.4) is 0 Å². The maximum Gasteiger partial charge on any atom is 0.281 e. The zero-order valence-corrected chi connectivity index (χ0v) is 18.2. The summed E-state index contributed by atoms with van der Waals surface area (Å²) in [6.45, 7) is 0. The molecule has 1 heterocycles. The lowest BCUT2D eigenvalue weighted by Gasteiger charge is -2.14. The number of imide groups is 1. The van der Waals surface area contributed by atoms with Crippen molar-refractivity contribution < 1.29 is 9.59 Å². The third-order valence-corrected chi connectivity index (χ3v) is 9.83. The number of amides is 2. The number of fused-ring (bicyclic) bond motifs is 1. The lowest BCUT2D eigenvalue weighted by molar-refractivity contribution is 0.0612. The smallest absolute Gasteiger partial charge is 0.281 e. The molecule has 1 aromatic carbocycles. The highest BCUT2D eigenvalue weighted by molar-refractivity contribution is 14.1. The maximum absolute atomic E-state index is 12.3. The highest BCUT2D eigenvalue weighted by Crippen LogP contribution is 2.36. The molecule has 0 radical (unpaired) electrons. The van der Waals surface area contributed by atoms with Crippen molar-refractivity contribution in [1.82, 2.24) is 10.4 Å². The predicted molar refractivity (Wildman–Crippen MR) is 108 cm³/mol. The lowest BCUT2D eigenvalue weighted by atomic mass is 10.1. The number of hydrogen-bond donors (Lipinski definition) is 2. The first-order valence-corrected chi connectivity index (χ1v) is 9.30. The van der Waals surface area contributed by atoms with Crippen molar-refractivity contribution in [3.8, 4) is 0 Å². The Hall–Kier alpha value is 0.970. The second kappa shape index (κ2) is 5.99. The first kappa shape index (κ1) is 16.3. The Morgan fingerprint density at radius 2 is 1.32 bits per heavy atom. The third-order valence-electron chi connectivity index (χ3n) is 2.32. The second-order valence-corrected chi connectivity index (χ2v) is 8.18. The molecule has 1 aliphatic rings. The summed E-state index contributed by atoms with van der Waals surface area (Å²) < 4.78 is 3.45. The Balaban J connectivity index is 2.69. The van der Waals surface area contributed by atoms with Gasteiger partial charge in [0.2, 0.25) is 0 Å². The molecule has 2 amide bonds. The van der Waals surface area contributed by atoms with E-state index < -0.39 is 11.8 Å². The van der Waals surface area contributed by atoms with E-state index in [2.05, 4.69) is 108 Å². The van der Waals surface area contributed by atoms with Gasteiger partial charge < -0.3 is 5.73 Å². The van der Waals surface area contributed by atoms with Gasteiger partial charge in [0.05, 0.1) is 11.1 Å². The summed E-state index contributed by atoms with van der Waals surface area (Å²) in [4.78, 5) is 24.6. The molecular formula is C9H3I4N3O2S. The molecule has 10 heteroatoms. The minimum Gasteiger partial charge on any atom is -0.375 e. The molecule has 3 N–H and O–H groups in total. The van der Waals surface area contributed by atoms with Gasteiger partial charge in [-0.25, -0.2) is 0 Å². The number of benzene rings is 1. The largest absolute Gasteiger partial charge is 0.375 e. The van der Waals surface area contributed by atoms with Gasteiger partial charge in [0.15, 0.2) is 5.11 Å². The van der Waals surface area contributed by atoms with Gasteiger partial charge in [-0.2, -0.15) is 5.01 Å². The quantitative estimate of drug-likeness (QED) is 0.153. The van der Waals surface area contributed by atoms with E-state index in [1.807, 2.05) is 0 Å². The number of hydrogen-bond acceptors (Lipinski definition) is 3. The van der Waals surface area contributed by atoms with Gasteiger partial charge in [-0.05, 0) is 103 Å². The van der Waals surface area contributed by atoms with Crippen LogP contribution in [0.4, 0.5) is 0 Å². The van der Waals surface area contributed by atoms with Gasteiger partial charge in [0.25, 0.3) is 11.8 Å². The van der Waals surface area contributed by atoms with Gasteiger partial charge in [0, 0.05) is 14.3 Å². The van der Waals surface area contributed by atoms with Crippen molar-refractivity contribution in [2.45, 2.75) is 0 Å². The molecule has 0 fully saturated rings. The fraction of sp³-hybridized carbons (Fsp3) is 0. The van der Waals surface area contributed by atoms with E-state index >= 15 is 0 Å². The van der Waals surface area contributed by atoms with E-state index in [-0.39, 0.29) is 5.11 Å². The van der Waals surface area contributed by atoms with E-state index in [1.54, 1.807) is 0 Å². The lowest BCUT2D eigenvalue weighted by Crippen LogP contribution is -2.48. The molecule has 2 rings (SSSR count). The maximum atomic E-state index is 12.3. The minimum absolute atomic E-state index is 0.121. The van der Waals surface area contributed by atoms with Gasteiger partial charge in [-0.1, -0.05) is 0 Å². The van der Waals surface area contributed by atoms with Crippen LogP contribution in [-0.2, 0) is 0 Å². The Kier molecular flexibility index (Phi) is 5.16. The van der Waals surface area contributed by atoms with Crippen LogP contribution in [0, 0.1) is 14.3 Å². The van der Waals surface area contributed by atoms with Crippen molar-refractivity contribution >= 4 is 120 Å². The molecule has 0 bridgehead atoms. The van der Waals surface area contributed by atoms with Crippen LogP contribution >= 0.6 is 103 Å². The first-order valence-electron chi connectivity index (χ1n) is 4.58. The van der Waals surface area contributed by atoms with E-state index in [0.29, 0.717) is 11.1 Å². The number of rotatable bonds is 1. The summed E-state index contributed by atoms with van der Waals surface area (Å²) in [5.41, 5.74) is 8.56. The highest BCUT2D eigenvalue weighted by Gasteiger charge is 2.41. The average Bonchev–Trinajstić information content (AvgIpc) is 2.58. The van der Waals surface area contributed by atoms with Crippen molar-refractivity contribution in [2.24, 2.45) is 5.73 Å². The van der Waals surface area contributed by atoms with E-state index in [1.165, 1.54) is 0 Å². The van der Waals surface area contributed by atoms with Gasteiger partial charge in [0.1, 0.15) is 0 Å². The Morgan fingerprint density at radius 1 is 0.947 bits per heavy atom. The number of halogens is 4. The zero-order chi connectivity index (χ0) is 14.5. The number of hydrazine groups is 1. The molecule has 1 aromatic rings. The van der Waals surface area contributed by atoms with Crippen LogP contribution in [0.25, 0.3) is 0 Å². The van der Waals surface area contributed by atoms with Crippen LogP contribution in [-0.4, -0.2) is 21.9 Å². The Labute approximate surface area is 168 Å². The molecule has 0 aromatic heterocycles. The topological polar surface area (TPSA) is 75.4 Å². The Bertz CT molecular complexity index is 602. The fourth-order valence-electron chi connectivity index (χ4n) is 1.56. The average molecular weight is 725 g/mol. The van der Waals surface area contributed by atoms with Crippen LogP contribution in [0.15, 0.2) is 0 Å². The third kappa shape index (κ3) is 2.70. The summed E-state index contributed by atoms with van der Waals surface area (Å²) in [6, 6.07) is 0. The van der Waals surface area contributed by atoms with Crippen molar-refractivity contribution in [3.05, 3.63) is 25.4 Å². The predicted octanol–water partition coefficient (Wildman–Crippen LogP) is 2.45. The number of nitrogens with zero attached hydrogens (tertiary/aromatic N) is 1. The number of nitrogens with two attached hydrogens (primary N) is 1. The van der Waals surface area contributed by atoms with Gasteiger partial charge in [-0.3, -0.25) is 15.0 Å². The molecule has 0 saturated carbocycles. The first-order chi connectivity index (χ1) is 8.77. The van der Waals surface area contributed by atoms with Gasteiger partial charge in [-0.15, -0.1) is 0 Å². The van der Waals surface area contributed by atoms with Gasteiger partial charge >= 0.3 is 0 Å². The molecular weight excluding hydrogens is 722 g/mol. The van der Waals surface area contributed by atoms with Crippen LogP contribution in [0.5, 0.6) is 0 Å². The summed E-state index contributed by atoms with van der Waals surface area (Å²) >= 11 is 13.2.